The minimum absolute atomic E-state index is 0.113. The fraction of sp³-hybridized carbons (Fsp3) is 0.0667. The van der Waals surface area contributed by atoms with Crippen LogP contribution in [0.4, 0.5) is 26.2 Å². The monoisotopic (exact) mass is 336 g/mol. The molecule has 2 aromatic rings. The number of hydrogen-bond acceptors (Lipinski definition) is 3. The van der Waals surface area contributed by atoms with Crippen LogP contribution in [-0.4, -0.2) is 18.5 Å². The van der Waals surface area contributed by atoms with Crippen LogP contribution in [0.1, 0.15) is 0 Å². The van der Waals surface area contributed by atoms with Gasteiger partial charge in [-0.15, -0.1) is 0 Å². The van der Waals surface area contributed by atoms with Crippen LogP contribution >= 0.6 is 11.6 Å². The largest absolute Gasteiger partial charge is 0.323 e. The van der Waals surface area contributed by atoms with Crippen molar-refractivity contribution in [3.8, 4) is 0 Å². The highest BCUT2D eigenvalue weighted by Crippen LogP contribution is 2.23. The van der Waals surface area contributed by atoms with E-state index < -0.39 is 17.8 Å². The SMILES string of the molecule is NCC(=O)Nc1cc(F)ccc1NC(=O)Nc1cccc(Cl)c1. The van der Waals surface area contributed by atoms with E-state index in [2.05, 4.69) is 16.0 Å². The maximum atomic E-state index is 13.3. The van der Waals surface area contributed by atoms with Crippen LogP contribution in [0.15, 0.2) is 42.5 Å². The summed E-state index contributed by atoms with van der Waals surface area (Å²) >= 11 is 5.83. The molecule has 0 atom stereocenters. The van der Waals surface area contributed by atoms with Crippen molar-refractivity contribution in [1.82, 2.24) is 0 Å². The number of nitrogens with two attached hydrogens (primary N) is 1. The van der Waals surface area contributed by atoms with Crippen LogP contribution in [0.25, 0.3) is 0 Å². The van der Waals surface area contributed by atoms with Crippen LogP contribution in [0.5, 0.6) is 0 Å². The van der Waals surface area contributed by atoms with Crippen molar-refractivity contribution in [3.63, 3.8) is 0 Å². The molecule has 6 nitrogen and oxygen atoms in total. The van der Waals surface area contributed by atoms with E-state index in [0.717, 1.165) is 12.1 Å². The van der Waals surface area contributed by atoms with Crippen molar-refractivity contribution < 1.29 is 14.0 Å². The lowest BCUT2D eigenvalue weighted by Gasteiger charge is -2.13. The van der Waals surface area contributed by atoms with Crippen LogP contribution < -0.4 is 21.7 Å². The van der Waals surface area contributed by atoms with E-state index in [-0.39, 0.29) is 17.9 Å². The molecule has 0 aromatic heterocycles. The molecule has 2 rings (SSSR count). The van der Waals surface area contributed by atoms with Crippen molar-refractivity contribution in [2.45, 2.75) is 0 Å². The molecule has 0 heterocycles. The van der Waals surface area contributed by atoms with Gasteiger partial charge in [-0.25, -0.2) is 9.18 Å². The molecule has 23 heavy (non-hydrogen) atoms. The third-order valence-electron chi connectivity index (χ3n) is 2.77. The predicted octanol–water partition coefficient (Wildman–Crippen LogP) is 3.02. The number of benzene rings is 2. The van der Waals surface area contributed by atoms with Gasteiger partial charge in [-0.1, -0.05) is 17.7 Å². The minimum atomic E-state index is -0.567. The summed E-state index contributed by atoms with van der Waals surface area (Å²) in [4.78, 5) is 23.3. The van der Waals surface area contributed by atoms with Gasteiger partial charge in [0, 0.05) is 10.7 Å². The standard InChI is InChI=1S/C15H14ClFN4O2/c16-9-2-1-3-11(6-9)19-15(23)21-12-5-4-10(17)7-13(12)20-14(22)8-18/h1-7H,8,18H2,(H,20,22)(H2,19,21,23). The molecule has 0 unspecified atom stereocenters. The molecule has 0 fully saturated rings. The first kappa shape index (κ1) is 16.7. The normalized spacial score (nSPS) is 10.0. The van der Waals surface area contributed by atoms with E-state index >= 15 is 0 Å². The number of rotatable bonds is 4. The number of urea groups is 1. The summed E-state index contributed by atoms with van der Waals surface area (Å²) in [7, 11) is 0. The molecular formula is C15H14ClFN4O2. The van der Waals surface area contributed by atoms with Gasteiger partial charge in [0.25, 0.3) is 0 Å². The molecule has 0 aliphatic carbocycles. The molecule has 0 saturated heterocycles. The molecule has 0 aliphatic heterocycles. The Kier molecular flexibility index (Phi) is 5.51. The van der Waals surface area contributed by atoms with Crippen LogP contribution in [0.2, 0.25) is 5.02 Å². The fourth-order valence-corrected chi connectivity index (χ4v) is 1.97. The molecule has 0 saturated carbocycles. The average Bonchev–Trinajstić information content (AvgIpc) is 2.50. The first-order valence-electron chi connectivity index (χ1n) is 6.61. The number of halogens is 2. The van der Waals surface area contributed by atoms with Crippen LogP contribution in [0.3, 0.4) is 0 Å². The summed E-state index contributed by atoms with van der Waals surface area (Å²) in [6, 6.07) is 9.60. The zero-order chi connectivity index (χ0) is 16.8. The Morgan fingerprint density at radius 1 is 1.04 bits per heavy atom. The van der Waals surface area contributed by atoms with Gasteiger partial charge in [0.15, 0.2) is 0 Å². The molecular weight excluding hydrogens is 323 g/mol. The molecule has 0 aliphatic rings. The van der Waals surface area contributed by atoms with Gasteiger partial charge in [0.1, 0.15) is 5.82 Å². The second kappa shape index (κ2) is 7.57. The Morgan fingerprint density at radius 3 is 2.52 bits per heavy atom. The maximum Gasteiger partial charge on any atom is 0.323 e. The highest BCUT2D eigenvalue weighted by molar-refractivity contribution is 6.30. The highest BCUT2D eigenvalue weighted by atomic mass is 35.5. The van der Waals surface area contributed by atoms with Gasteiger partial charge in [-0.05, 0) is 36.4 Å². The summed E-state index contributed by atoms with van der Waals surface area (Å²) in [6.07, 6.45) is 0. The average molecular weight is 337 g/mol. The number of hydrogen-bond donors (Lipinski definition) is 4. The lowest BCUT2D eigenvalue weighted by atomic mass is 10.2. The predicted molar refractivity (Wildman–Crippen MR) is 88.2 cm³/mol. The zero-order valence-electron chi connectivity index (χ0n) is 11.9. The van der Waals surface area contributed by atoms with Gasteiger partial charge in [0.2, 0.25) is 5.91 Å². The molecule has 120 valence electrons. The van der Waals surface area contributed by atoms with E-state index in [1.54, 1.807) is 24.3 Å². The first-order chi connectivity index (χ1) is 11.0. The number of carbonyl (C=O) groups is 2. The Labute approximate surface area is 136 Å². The summed E-state index contributed by atoms with van der Waals surface area (Å²) in [5.41, 5.74) is 6.04. The van der Waals surface area contributed by atoms with E-state index in [1.165, 1.54) is 6.07 Å². The Balaban J connectivity index is 2.12. The highest BCUT2D eigenvalue weighted by Gasteiger charge is 2.10. The number of nitrogens with one attached hydrogen (secondary N) is 3. The summed E-state index contributed by atoms with van der Waals surface area (Å²) < 4.78 is 13.3. The van der Waals surface area contributed by atoms with Crippen molar-refractivity contribution in [2.75, 3.05) is 22.5 Å². The van der Waals surface area contributed by atoms with E-state index in [9.17, 15) is 14.0 Å². The van der Waals surface area contributed by atoms with Crippen LogP contribution in [0, 0.1) is 5.82 Å². The molecule has 5 N–H and O–H groups in total. The fourth-order valence-electron chi connectivity index (χ4n) is 1.78. The van der Waals surface area contributed by atoms with Crippen molar-refractivity contribution in [2.24, 2.45) is 5.73 Å². The van der Waals surface area contributed by atoms with Crippen molar-refractivity contribution in [1.29, 1.82) is 0 Å². The Hall–Kier alpha value is -2.64. The second-order valence-electron chi connectivity index (χ2n) is 4.53. The number of amides is 3. The second-order valence-corrected chi connectivity index (χ2v) is 4.97. The molecule has 0 bridgehead atoms. The molecule has 8 heteroatoms. The lowest BCUT2D eigenvalue weighted by Crippen LogP contribution is -2.24. The van der Waals surface area contributed by atoms with Crippen molar-refractivity contribution in [3.05, 3.63) is 53.3 Å². The number of carbonyl (C=O) groups excluding carboxylic acids is 2. The third-order valence-corrected chi connectivity index (χ3v) is 3.01. The molecule has 0 radical (unpaired) electrons. The Bertz CT molecular complexity index is 739. The lowest BCUT2D eigenvalue weighted by molar-refractivity contribution is -0.114. The minimum Gasteiger partial charge on any atom is -0.323 e. The third kappa shape index (κ3) is 4.94. The topological polar surface area (TPSA) is 96.2 Å². The zero-order valence-corrected chi connectivity index (χ0v) is 12.7. The number of anilines is 3. The van der Waals surface area contributed by atoms with E-state index in [0.29, 0.717) is 10.7 Å². The quantitative estimate of drug-likeness (QED) is 0.691. The summed E-state index contributed by atoms with van der Waals surface area (Å²) in [5.74, 6) is -1.06. The molecule has 2 aromatic carbocycles. The smallest absolute Gasteiger partial charge is 0.323 e. The molecule has 3 amide bonds. The summed E-state index contributed by atoms with van der Waals surface area (Å²) in [6.45, 7) is -0.259. The van der Waals surface area contributed by atoms with Crippen LogP contribution in [-0.2, 0) is 4.79 Å². The van der Waals surface area contributed by atoms with Crippen molar-refractivity contribution >= 4 is 40.6 Å². The van der Waals surface area contributed by atoms with Gasteiger partial charge >= 0.3 is 6.03 Å². The summed E-state index contributed by atoms with van der Waals surface area (Å²) in [5, 5.41) is 7.98. The molecule has 0 spiro atoms. The van der Waals surface area contributed by atoms with E-state index in [4.69, 9.17) is 17.3 Å². The van der Waals surface area contributed by atoms with Gasteiger partial charge in [-0.3, -0.25) is 4.79 Å². The van der Waals surface area contributed by atoms with E-state index in [1.807, 2.05) is 0 Å². The Morgan fingerprint density at radius 2 is 1.83 bits per heavy atom. The van der Waals surface area contributed by atoms with Gasteiger partial charge in [-0.2, -0.15) is 0 Å². The maximum absolute atomic E-state index is 13.3. The van der Waals surface area contributed by atoms with Gasteiger partial charge < -0.3 is 21.7 Å². The van der Waals surface area contributed by atoms with Gasteiger partial charge in [0.05, 0.1) is 17.9 Å². The first-order valence-corrected chi connectivity index (χ1v) is 6.99.